The van der Waals surface area contributed by atoms with Crippen LogP contribution in [0.1, 0.15) is 10.4 Å². The number of aliphatic hydroxyl groups is 1. The van der Waals surface area contributed by atoms with Crippen LogP contribution in [-0.4, -0.2) is 50.5 Å². The lowest BCUT2D eigenvalue weighted by Gasteiger charge is -2.21. The van der Waals surface area contributed by atoms with E-state index >= 15 is 0 Å². The van der Waals surface area contributed by atoms with E-state index in [2.05, 4.69) is 0 Å². The van der Waals surface area contributed by atoms with Crippen molar-refractivity contribution in [2.75, 3.05) is 34.4 Å². The maximum absolute atomic E-state index is 10.1. The standard InChI is InChI=1S/C18H25NO4S/c1-19(10-14-6-7-16(21-2)9-18(14)22-3)11-15(20)12-23-13-17-5-4-8-24-17/h4-9,15,20H,10-13H2,1-3H3. The van der Waals surface area contributed by atoms with E-state index < -0.39 is 6.10 Å². The molecule has 1 aromatic carbocycles. The van der Waals surface area contributed by atoms with Gasteiger partial charge in [0.25, 0.3) is 0 Å². The molecule has 1 N–H and O–H groups in total. The summed E-state index contributed by atoms with van der Waals surface area (Å²) in [5.74, 6) is 1.55. The molecule has 2 rings (SSSR count). The molecule has 0 amide bonds. The number of methoxy groups -OCH3 is 2. The fourth-order valence-corrected chi connectivity index (χ4v) is 3.08. The Morgan fingerprint density at radius 2 is 2.04 bits per heavy atom. The first kappa shape index (κ1) is 18.7. The molecule has 0 saturated carbocycles. The number of likely N-dealkylation sites (N-methyl/N-ethyl adjacent to an activating group) is 1. The van der Waals surface area contributed by atoms with Crippen molar-refractivity contribution in [3.63, 3.8) is 0 Å². The van der Waals surface area contributed by atoms with Crippen LogP contribution in [0.3, 0.4) is 0 Å². The molecule has 0 radical (unpaired) electrons. The zero-order valence-electron chi connectivity index (χ0n) is 14.4. The largest absolute Gasteiger partial charge is 0.497 e. The third-order valence-corrected chi connectivity index (χ3v) is 4.44. The summed E-state index contributed by atoms with van der Waals surface area (Å²) >= 11 is 1.66. The fraction of sp³-hybridized carbons (Fsp3) is 0.444. The van der Waals surface area contributed by atoms with E-state index in [4.69, 9.17) is 14.2 Å². The molecular formula is C18H25NO4S. The van der Waals surface area contributed by atoms with Crippen LogP contribution in [0.2, 0.25) is 0 Å². The molecule has 2 aromatic rings. The summed E-state index contributed by atoms with van der Waals surface area (Å²) in [7, 11) is 5.24. The molecule has 1 atom stereocenters. The Hall–Kier alpha value is -1.60. The van der Waals surface area contributed by atoms with Gasteiger partial charge in [-0.25, -0.2) is 0 Å². The van der Waals surface area contributed by atoms with Crippen LogP contribution in [0.5, 0.6) is 11.5 Å². The molecule has 0 aliphatic rings. The Morgan fingerprint density at radius 3 is 2.71 bits per heavy atom. The fourth-order valence-electron chi connectivity index (χ4n) is 2.44. The molecule has 5 nitrogen and oxygen atoms in total. The summed E-state index contributed by atoms with van der Waals surface area (Å²) in [6.45, 7) is 2.07. The molecule has 1 unspecified atom stereocenters. The maximum Gasteiger partial charge on any atom is 0.127 e. The molecule has 0 aliphatic carbocycles. The minimum absolute atomic E-state index is 0.321. The topological polar surface area (TPSA) is 51.2 Å². The van der Waals surface area contributed by atoms with Gasteiger partial charge in [-0.3, -0.25) is 4.90 Å². The zero-order valence-corrected chi connectivity index (χ0v) is 15.2. The van der Waals surface area contributed by atoms with Crippen molar-refractivity contribution in [3.05, 3.63) is 46.2 Å². The van der Waals surface area contributed by atoms with Crippen LogP contribution in [-0.2, 0) is 17.9 Å². The van der Waals surface area contributed by atoms with Crippen molar-refractivity contribution < 1.29 is 19.3 Å². The molecule has 0 saturated heterocycles. The average molecular weight is 351 g/mol. The normalized spacial score (nSPS) is 12.4. The summed E-state index contributed by atoms with van der Waals surface area (Å²) in [6.07, 6.45) is -0.529. The third-order valence-electron chi connectivity index (χ3n) is 3.59. The lowest BCUT2D eigenvalue weighted by atomic mass is 10.1. The highest BCUT2D eigenvalue weighted by Gasteiger charge is 2.12. The minimum atomic E-state index is -0.529. The van der Waals surface area contributed by atoms with E-state index in [9.17, 15) is 5.11 Å². The quantitative estimate of drug-likeness (QED) is 0.713. The van der Waals surface area contributed by atoms with Crippen molar-refractivity contribution in [3.8, 4) is 11.5 Å². The number of hydrogen-bond donors (Lipinski definition) is 1. The molecular weight excluding hydrogens is 326 g/mol. The van der Waals surface area contributed by atoms with Crippen LogP contribution < -0.4 is 9.47 Å². The lowest BCUT2D eigenvalue weighted by Crippen LogP contribution is -2.32. The third kappa shape index (κ3) is 5.79. The van der Waals surface area contributed by atoms with Gasteiger partial charge in [-0.2, -0.15) is 0 Å². The van der Waals surface area contributed by atoms with Crippen LogP contribution in [0, 0.1) is 0 Å². The summed E-state index contributed by atoms with van der Waals surface area (Å²) in [5, 5.41) is 12.1. The summed E-state index contributed by atoms with van der Waals surface area (Å²) < 4.78 is 16.2. The van der Waals surface area contributed by atoms with Crippen LogP contribution in [0.25, 0.3) is 0 Å². The van der Waals surface area contributed by atoms with Gasteiger partial charge >= 0.3 is 0 Å². The van der Waals surface area contributed by atoms with Gasteiger partial charge in [-0.15, -0.1) is 11.3 Å². The molecule has 24 heavy (non-hydrogen) atoms. The van der Waals surface area contributed by atoms with Crippen molar-refractivity contribution in [1.29, 1.82) is 0 Å². The summed E-state index contributed by atoms with van der Waals surface area (Å²) in [5.41, 5.74) is 1.05. The lowest BCUT2D eigenvalue weighted by molar-refractivity contribution is 0.0134. The van der Waals surface area contributed by atoms with E-state index in [1.54, 1.807) is 25.6 Å². The number of hydrogen-bond acceptors (Lipinski definition) is 6. The van der Waals surface area contributed by atoms with E-state index in [1.807, 2.05) is 47.7 Å². The Kier molecular flexibility index (Phi) is 7.52. The van der Waals surface area contributed by atoms with Crippen molar-refractivity contribution in [2.24, 2.45) is 0 Å². The molecule has 0 fully saturated rings. The first-order valence-electron chi connectivity index (χ1n) is 7.80. The summed E-state index contributed by atoms with van der Waals surface area (Å²) in [4.78, 5) is 3.21. The maximum atomic E-state index is 10.1. The van der Waals surface area contributed by atoms with Crippen molar-refractivity contribution in [1.82, 2.24) is 4.90 Å². The number of ether oxygens (including phenoxy) is 3. The number of rotatable bonds is 10. The van der Waals surface area contributed by atoms with Gasteiger partial charge in [-0.1, -0.05) is 12.1 Å². The Morgan fingerprint density at radius 1 is 1.21 bits per heavy atom. The molecule has 0 spiro atoms. The zero-order chi connectivity index (χ0) is 17.4. The molecule has 1 aromatic heterocycles. The van der Waals surface area contributed by atoms with Gasteiger partial charge in [0.15, 0.2) is 0 Å². The Balaban J connectivity index is 1.78. The second kappa shape index (κ2) is 9.64. The Labute approximate surface area is 147 Å². The van der Waals surface area contributed by atoms with Gasteiger partial charge < -0.3 is 19.3 Å². The van der Waals surface area contributed by atoms with Gasteiger partial charge in [0.05, 0.1) is 33.5 Å². The first-order chi connectivity index (χ1) is 11.6. The number of thiophene rings is 1. The SMILES string of the molecule is COc1ccc(CN(C)CC(O)COCc2cccs2)c(OC)c1. The summed E-state index contributed by atoms with van der Waals surface area (Å²) in [6, 6.07) is 9.78. The number of nitrogens with zero attached hydrogens (tertiary/aromatic N) is 1. The van der Waals surface area contributed by atoms with Gasteiger partial charge in [0.1, 0.15) is 11.5 Å². The van der Waals surface area contributed by atoms with E-state index in [-0.39, 0.29) is 0 Å². The molecule has 1 heterocycles. The van der Waals surface area contributed by atoms with Crippen molar-refractivity contribution in [2.45, 2.75) is 19.3 Å². The predicted molar refractivity (Wildman–Crippen MR) is 95.9 cm³/mol. The minimum Gasteiger partial charge on any atom is -0.497 e. The highest BCUT2D eigenvalue weighted by molar-refractivity contribution is 7.09. The average Bonchev–Trinajstić information content (AvgIpc) is 3.08. The van der Waals surface area contributed by atoms with Gasteiger partial charge in [-0.05, 0) is 24.6 Å². The van der Waals surface area contributed by atoms with Crippen molar-refractivity contribution >= 4 is 11.3 Å². The van der Waals surface area contributed by atoms with Crippen LogP contribution >= 0.6 is 11.3 Å². The molecule has 6 heteroatoms. The van der Waals surface area contributed by atoms with Crippen LogP contribution in [0.15, 0.2) is 35.7 Å². The monoisotopic (exact) mass is 351 g/mol. The predicted octanol–water partition coefficient (Wildman–Crippen LogP) is 2.77. The second-order valence-electron chi connectivity index (χ2n) is 5.62. The highest BCUT2D eigenvalue weighted by Crippen LogP contribution is 2.25. The number of aliphatic hydroxyl groups excluding tert-OH is 1. The molecule has 0 aliphatic heterocycles. The van der Waals surface area contributed by atoms with E-state index in [0.29, 0.717) is 26.3 Å². The highest BCUT2D eigenvalue weighted by atomic mass is 32.1. The molecule has 0 bridgehead atoms. The smallest absolute Gasteiger partial charge is 0.127 e. The first-order valence-corrected chi connectivity index (χ1v) is 8.68. The molecule has 132 valence electrons. The van der Waals surface area contributed by atoms with E-state index in [0.717, 1.165) is 17.1 Å². The second-order valence-corrected chi connectivity index (χ2v) is 6.66. The van der Waals surface area contributed by atoms with E-state index in [1.165, 1.54) is 4.88 Å². The number of benzene rings is 1. The van der Waals surface area contributed by atoms with Gasteiger partial charge in [0.2, 0.25) is 0 Å². The van der Waals surface area contributed by atoms with Crippen LogP contribution in [0.4, 0.5) is 0 Å². The Bertz CT molecular complexity index is 603. The van der Waals surface area contributed by atoms with Gasteiger partial charge in [0, 0.05) is 29.6 Å².